The molecule has 0 bridgehead atoms. The van der Waals surface area contributed by atoms with Gasteiger partial charge in [-0.1, -0.05) is 13.0 Å². The smallest absolute Gasteiger partial charge is 0.224 e. The number of rotatable bonds is 8. The summed E-state index contributed by atoms with van der Waals surface area (Å²) in [6.45, 7) is 6.90. The van der Waals surface area contributed by atoms with E-state index >= 15 is 0 Å². The van der Waals surface area contributed by atoms with Crippen LogP contribution in [0, 0.1) is 0 Å². The minimum atomic E-state index is -0.110. The maximum absolute atomic E-state index is 12.2. The van der Waals surface area contributed by atoms with Crippen molar-refractivity contribution in [1.82, 2.24) is 15.1 Å². The fourth-order valence-electron chi connectivity index (χ4n) is 3.02. The number of nitrogens with zero attached hydrogens (tertiary/aromatic N) is 2. The van der Waals surface area contributed by atoms with E-state index in [4.69, 9.17) is 9.47 Å². The third-order valence-electron chi connectivity index (χ3n) is 4.65. The molecule has 1 N–H and O–H groups in total. The van der Waals surface area contributed by atoms with E-state index in [1.54, 1.807) is 26.4 Å². The molecule has 1 fully saturated rings. The summed E-state index contributed by atoms with van der Waals surface area (Å²) in [5.41, 5.74) is 0.835. The Kier molecular flexibility index (Phi) is 7.72. The van der Waals surface area contributed by atoms with E-state index in [1.807, 2.05) is 11.0 Å². The molecule has 1 aliphatic rings. The lowest BCUT2D eigenvalue weighted by molar-refractivity contribution is -0.132. The minimum absolute atomic E-state index is 0.104. The summed E-state index contributed by atoms with van der Waals surface area (Å²) < 4.78 is 10.4. The second-order valence-electron chi connectivity index (χ2n) is 6.28. The molecule has 2 rings (SSSR count). The average molecular weight is 363 g/mol. The Morgan fingerprint density at radius 3 is 2.38 bits per heavy atom. The topological polar surface area (TPSA) is 71.1 Å². The van der Waals surface area contributed by atoms with E-state index in [9.17, 15) is 9.59 Å². The Labute approximate surface area is 155 Å². The Morgan fingerprint density at radius 2 is 1.77 bits per heavy atom. The number of likely N-dealkylation sites (N-methyl/N-ethyl adjacent to an activating group) is 1. The lowest BCUT2D eigenvalue weighted by Gasteiger charge is -2.34. The number of amides is 2. The first-order chi connectivity index (χ1) is 12.6. The maximum atomic E-state index is 12.2. The number of carbonyl (C=O) groups excluding carboxylic acids is 2. The van der Waals surface area contributed by atoms with Gasteiger partial charge in [0.1, 0.15) is 0 Å². The van der Waals surface area contributed by atoms with Gasteiger partial charge in [-0.15, -0.1) is 0 Å². The lowest BCUT2D eigenvalue weighted by Crippen LogP contribution is -2.49. The molecule has 7 heteroatoms. The molecule has 1 aromatic rings. The van der Waals surface area contributed by atoms with Gasteiger partial charge in [-0.3, -0.25) is 9.59 Å². The summed E-state index contributed by atoms with van der Waals surface area (Å²) >= 11 is 0. The molecule has 26 heavy (non-hydrogen) atoms. The number of hydrogen-bond acceptors (Lipinski definition) is 5. The number of hydrogen-bond donors (Lipinski definition) is 1. The first kappa shape index (κ1) is 20.0. The van der Waals surface area contributed by atoms with Crippen LogP contribution in [-0.2, 0) is 16.0 Å². The van der Waals surface area contributed by atoms with Crippen molar-refractivity contribution in [1.29, 1.82) is 0 Å². The van der Waals surface area contributed by atoms with Crippen LogP contribution >= 0.6 is 0 Å². The van der Waals surface area contributed by atoms with E-state index in [2.05, 4.69) is 17.1 Å². The predicted octanol–water partition coefficient (Wildman–Crippen LogP) is 0.917. The Morgan fingerprint density at radius 1 is 1.08 bits per heavy atom. The molecule has 0 radical (unpaired) electrons. The number of carbonyl (C=O) groups is 2. The summed E-state index contributed by atoms with van der Waals surface area (Å²) in [6.07, 6.45) is 0.577. The molecule has 0 unspecified atom stereocenters. The Bertz CT molecular complexity index is 613. The van der Waals surface area contributed by atoms with Gasteiger partial charge in [0.25, 0.3) is 0 Å². The highest BCUT2D eigenvalue weighted by Gasteiger charge is 2.19. The van der Waals surface area contributed by atoms with Crippen LogP contribution in [0.4, 0.5) is 0 Å². The highest BCUT2D eigenvalue weighted by molar-refractivity contribution is 5.80. The highest BCUT2D eigenvalue weighted by Crippen LogP contribution is 2.27. The van der Waals surface area contributed by atoms with Crippen molar-refractivity contribution < 1.29 is 19.1 Å². The summed E-state index contributed by atoms with van der Waals surface area (Å²) in [5.74, 6) is 1.22. The summed E-state index contributed by atoms with van der Waals surface area (Å²) in [4.78, 5) is 28.5. The molecule has 1 saturated heterocycles. The molecule has 0 saturated carbocycles. The molecule has 2 amide bonds. The molecular formula is C19H29N3O4. The van der Waals surface area contributed by atoms with Crippen LogP contribution in [0.15, 0.2) is 18.2 Å². The van der Waals surface area contributed by atoms with Gasteiger partial charge in [0.05, 0.1) is 20.6 Å². The molecule has 1 aliphatic heterocycles. The molecule has 0 atom stereocenters. The van der Waals surface area contributed by atoms with Crippen molar-refractivity contribution in [2.75, 3.05) is 53.5 Å². The number of benzene rings is 1. The first-order valence-corrected chi connectivity index (χ1v) is 9.05. The maximum Gasteiger partial charge on any atom is 0.224 e. The van der Waals surface area contributed by atoms with Crippen molar-refractivity contribution in [3.8, 4) is 11.5 Å². The lowest BCUT2D eigenvalue weighted by atomic mass is 10.1. The molecule has 0 aromatic heterocycles. The number of ether oxygens (including phenoxy) is 2. The van der Waals surface area contributed by atoms with E-state index in [-0.39, 0.29) is 18.2 Å². The number of nitrogens with one attached hydrogen (secondary N) is 1. The van der Waals surface area contributed by atoms with Crippen LogP contribution in [0.1, 0.15) is 18.9 Å². The van der Waals surface area contributed by atoms with Crippen molar-refractivity contribution in [3.05, 3.63) is 23.8 Å². The first-order valence-electron chi connectivity index (χ1n) is 9.05. The average Bonchev–Trinajstić information content (AvgIpc) is 2.67. The van der Waals surface area contributed by atoms with Gasteiger partial charge in [-0.05, 0) is 24.2 Å². The zero-order valence-corrected chi connectivity index (χ0v) is 15.9. The third kappa shape index (κ3) is 5.62. The minimum Gasteiger partial charge on any atom is -0.493 e. The summed E-state index contributed by atoms with van der Waals surface area (Å²) in [5, 5.41) is 2.82. The van der Waals surface area contributed by atoms with Gasteiger partial charge < -0.3 is 24.6 Å². The molecule has 144 valence electrons. The van der Waals surface area contributed by atoms with Crippen LogP contribution in [0.2, 0.25) is 0 Å². The van der Waals surface area contributed by atoms with Gasteiger partial charge >= 0.3 is 0 Å². The standard InChI is InChI=1S/C19H29N3O4/c1-4-21-9-11-22(12-10-21)19(24)7-8-20-18(23)14-15-5-6-16(25-2)17(13-15)26-3/h5-6,13H,4,7-12,14H2,1-3H3,(H,20,23). The van der Waals surface area contributed by atoms with E-state index < -0.39 is 0 Å². The normalized spacial score (nSPS) is 14.8. The van der Waals surface area contributed by atoms with Crippen molar-refractivity contribution >= 4 is 11.8 Å². The Balaban J connectivity index is 1.73. The largest absolute Gasteiger partial charge is 0.493 e. The van der Waals surface area contributed by atoms with Gasteiger partial charge in [-0.2, -0.15) is 0 Å². The van der Waals surface area contributed by atoms with E-state index in [1.165, 1.54) is 0 Å². The zero-order chi connectivity index (χ0) is 18.9. The molecule has 0 spiro atoms. The monoisotopic (exact) mass is 363 g/mol. The summed E-state index contributed by atoms with van der Waals surface area (Å²) in [6, 6.07) is 5.40. The van der Waals surface area contributed by atoms with Crippen LogP contribution in [0.3, 0.4) is 0 Å². The third-order valence-corrected chi connectivity index (χ3v) is 4.65. The number of methoxy groups -OCH3 is 2. The van der Waals surface area contributed by atoms with Crippen LogP contribution < -0.4 is 14.8 Å². The predicted molar refractivity (Wildman–Crippen MR) is 99.6 cm³/mol. The van der Waals surface area contributed by atoms with Crippen molar-refractivity contribution in [3.63, 3.8) is 0 Å². The van der Waals surface area contributed by atoms with Gasteiger partial charge in [-0.25, -0.2) is 0 Å². The second-order valence-corrected chi connectivity index (χ2v) is 6.28. The zero-order valence-electron chi connectivity index (χ0n) is 15.9. The molecular weight excluding hydrogens is 334 g/mol. The van der Waals surface area contributed by atoms with E-state index in [0.717, 1.165) is 38.3 Å². The van der Waals surface area contributed by atoms with E-state index in [0.29, 0.717) is 24.5 Å². The van der Waals surface area contributed by atoms with Crippen LogP contribution in [0.5, 0.6) is 11.5 Å². The quantitative estimate of drug-likeness (QED) is 0.744. The Hall–Kier alpha value is -2.28. The highest BCUT2D eigenvalue weighted by atomic mass is 16.5. The molecule has 0 aliphatic carbocycles. The SMILES string of the molecule is CCN1CCN(C(=O)CCNC(=O)Cc2ccc(OC)c(OC)c2)CC1. The van der Waals surface area contributed by atoms with Crippen LogP contribution in [-0.4, -0.2) is 75.1 Å². The van der Waals surface area contributed by atoms with Gasteiger partial charge in [0.15, 0.2) is 11.5 Å². The fraction of sp³-hybridized carbons (Fsp3) is 0.579. The number of piperazine rings is 1. The van der Waals surface area contributed by atoms with Gasteiger partial charge in [0, 0.05) is 39.1 Å². The second kappa shape index (κ2) is 10.0. The fourth-order valence-corrected chi connectivity index (χ4v) is 3.02. The van der Waals surface area contributed by atoms with Crippen LogP contribution in [0.25, 0.3) is 0 Å². The molecule has 1 heterocycles. The van der Waals surface area contributed by atoms with Crippen molar-refractivity contribution in [2.24, 2.45) is 0 Å². The van der Waals surface area contributed by atoms with Crippen molar-refractivity contribution in [2.45, 2.75) is 19.8 Å². The molecule has 1 aromatic carbocycles. The summed E-state index contributed by atoms with van der Waals surface area (Å²) in [7, 11) is 3.14. The van der Waals surface area contributed by atoms with Gasteiger partial charge in [0.2, 0.25) is 11.8 Å². The molecule has 7 nitrogen and oxygen atoms in total.